The molecule has 2 N–H and O–H groups in total. The number of anilines is 2. The zero-order valence-electron chi connectivity index (χ0n) is 23.8. The maximum atomic E-state index is 12.4. The molecule has 0 spiro atoms. The van der Waals surface area contributed by atoms with Crippen LogP contribution in [-0.4, -0.2) is 33.8 Å². The molecule has 0 saturated carbocycles. The number of carbonyl (C=O) groups is 4. The number of benzene rings is 4. The number of rotatable bonds is 8. The molecule has 0 bridgehead atoms. The summed E-state index contributed by atoms with van der Waals surface area (Å²) in [4.78, 5) is 51.4. The second-order valence-corrected chi connectivity index (χ2v) is 10.7. The van der Waals surface area contributed by atoms with Crippen LogP contribution in [0.25, 0.3) is 11.1 Å². The summed E-state index contributed by atoms with van der Waals surface area (Å²) in [5, 5.41) is 23.1. The van der Waals surface area contributed by atoms with Crippen LogP contribution in [0.1, 0.15) is 36.5 Å². The lowest BCUT2D eigenvalue weighted by molar-refractivity contribution is -0.121. The van der Waals surface area contributed by atoms with Crippen LogP contribution in [-0.2, 0) is 24.6 Å². The summed E-state index contributed by atoms with van der Waals surface area (Å²) < 4.78 is 0. The highest BCUT2D eigenvalue weighted by Crippen LogP contribution is 2.51. The van der Waals surface area contributed by atoms with Gasteiger partial charge >= 0.3 is 0 Å². The minimum Gasteiger partial charge on any atom is -0.508 e. The highest BCUT2D eigenvalue weighted by Gasteiger charge is 2.41. The number of phenolic OH excluding ortho intramolecular Hbond substituents is 2. The zero-order valence-corrected chi connectivity index (χ0v) is 23.8. The van der Waals surface area contributed by atoms with Gasteiger partial charge in [-0.05, 0) is 35.2 Å². The Morgan fingerprint density at radius 3 is 1.41 bits per heavy atom. The van der Waals surface area contributed by atoms with E-state index in [4.69, 9.17) is 0 Å². The van der Waals surface area contributed by atoms with Crippen LogP contribution in [0.5, 0.6) is 11.5 Å². The first-order valence-corrected chi connectivity index (χ1v) is 14.2. The Morgan fingerprint density at radius 2 is 1.00 bits per heavy atom. The van der Waals surface area contributed by atoms with Crippen LogP contribution in [0.15, 0.2) is 115 Å². The smallest absolute Gasteiger partial charge is 0.258 e. The normalized spacial score (nSPS) is 14.8. The standard InChI is InChI=1S/C36H28N2O6/c1-2-20-36(25-10-8-24(9-11-25)23-6-4-3-5-7-23,28-14-12-26(21-30(28)39)37-32(41)16-17-33(37)42)29-15-13-27(22-31(29)40)38-34(43)18-19-35(38)44/h3-19,21-22,39-40H,2,20H2,1H3. The first-order valence-electron chi connectivity index (χ1n) is 14.2. The lowest BCUT2D eigenvalue weighted by atomic mass is 9.66. The van der Waals surface area contributed by atoms with E-state index < -0.39 is 29.0 Å². The molecule has 8 heteroatoms. The van der Waals surface area contributed by atoms with Crippen LogP contribution >= 0.6 is 0 Å². The van der Waals surface area contributed by atoms with Crippen molar-refractivity contribution < 1.29 is 29.4 Å². The lowest BCUT2D eigenvalue weighted by Gasteiger charge is -2.37. The van der Waals surface area contributed by atoms with Gasteiger partial charge < -0.3 is 10.2 Å². The Kier molecular flexibility index (Phi) is 7.19. The molecule has 2 aliphatic rings. The highest BCUT2D eigenvalue weighted by atomic mass is 16.3. The molecule has 0 aromatic heterocycles. The molecule has 6 rings (SSSR count). The second kappa shape index (κ2) is 11.1. The largest absolute Gasteiger partial charge is 0.508 e. The maximum Gasteiger partial charge on any atom is 0.258 e. The molecule has 0 unspecified atom stereocenters. The first-order chi connectivity index (χ1) is 21.2. The van der Waals surface area contributed by atoms with Crippen molar-refractivity contribution in [1.29, 1.82) is 0 Å². The zero-order chi connectivity index (χ0) is 31.0. The van der Waals surface area contributed by atoms with Crippen molar-refractivity contribution in [2.45, 2.75) is 25.2 Å². The predicted molar refractivity (Wildman–Crippen MR) is 166 cm³/mol. The predicted octanol–water partition coefficient (Wildman–Crippen LogP) is 5.76. The lowest BCUT2D eigenvalue weighted by Crippen LogP contribution is -2.32. The number of aromatic hydroxyl groups is 2. The Labute approximate surface area is 253 Å². The van der Waals surface area contributed by atoms with E-state index in [-0.39, 0.29) is 22.9 Å². The van der Waals surface area contributed by atoms with Gasteiger partial charge in [0.05, 0.1) is 16.8 Å². The van der Waals surface area contributed by atoms with Gasteiger partial charge in [0.1, 0.15) is 11.5 Å². The molecular formula is C36H28N2O6. The summed E-state index contributed by atoms with van der Waals surface area (Å²) >= 11 is 0. The van der Waals surface area contributed by atoms with Crippen LogP contribution in [0.4, 0.5) is 11.4 Å². The van der Waals surface area contributed by atoms with E-state index in [0.717, 1.165) is 26.5 Å². The SMILES string of the molecule is CCCC(c1ccc(-c2ccccc2)cc1)(c1ccc(N2C(=O)C=CC2=O)cc1O)c1ccc(N2C(=O)C=CC2=O)cc1O. The van der Waals surface area contributed by atoms with Gasteiger partial charge in [-0.2, -0.15) is 0 Å². The third-order valence-corrected chi connectivity index (χ3v) is 8.13. The molecule has 0 atom stereocenters. The fourth-order valence-corrected chi connectivity index (χ4v) is 6.17. The van der Waals surface area contributed by atoms with Crippen molar-refractivity contribution >= 4 is 35.0 Å². The van der Waals surface area contributed by atoms with Crippen molar-refractivity contribution in [3.8, 4) is 22.6 Å². The van der Waals surface area contributed by atoms with E-state index in [0.29, 0.717) is 24.0 Å². The Morgan fingerprint density at radius 1 is 0.568 bits per heavy atom. The minimum absolute atomic E-state index is 0.173. The molecule has 0 radical (unpaired) electrons. The van der Waals surface area contributed by atoms with E-state index in [1.54, 1.807) is 24.3 Å². The average Bonchev–Trinajstić information content (AvgIpc) is 3.55. The summed E-state index contributed by atoms with van der Waals surface area (Å²) in [7, 11) is 0. The highest BCUT2D eigenvalue weighted by molar-refractivity contribution is 6.28. The van der Waals surface area contributed by atoms with Gasteiger partial charge in [-0.3, -0.25) is 19.2 Å². The van der Waals surface area contributed by atoms with E-state index in [1.807, 2.05) is 61.5 Å². The van der Waals surface area contributed by atoms with Crippen LogP contribution in [0.2, 0.25) is 0 Å². The molecule has 4 amide bonds. The van der Waals surface area contributed by atoms with E-state index in [2.05, 4.69) is 0 Å². The molecule has 2 aliphatic heterocycles. The molecule has 4 aromatic carbocycles. The summed E-state index contributed by atoms with van der Waals surface area (Å²) in [5.41, 5.74) is 3.00. The Hall–Kier alpha value is -5.76. The molecule has 44 heavy (non-hydrogen) atoms. The van der Waals surface area contributed by atoms with Crippen molar-refractivity contribution in [2.24, 2.45) is 0 Å². The quantitative estimate of drug-likeness (QED) is 0.201. The van der Waals surface area contributed by atoms with Crippen molar-refractivity contribution in [3.05, 3.63) is 132 Å². The van der Waals surface area contributed by atoms with Gasteiger partial charge in [-0.25, -0.2) is 9.80 Å². The van der Waals surface area contributed by atoms with Crippen LogP contribution < -0.4 is 9.80 Å². The third kappa shape index (κ3) is 4.66. The summed E-state index contributed by atoms with van der Waals surface area (Å²) in [6, 6.07) is 27.0. The van der Waals surface area contributed by atoms with Gasteiger partial charge in [-0.1, -0.05) is 80.1 Å². The topological polar surface area (TPSA) is 115 Å². The van der Waals surface area contributed by atoms with E-state index in [1.165, 1.54) is 36.4 Å². The molecule has 0 saturated heterocycles. The minimum atomic E-state index is -1.11. The number of amides is 4. The molecule has 0 aliphatic carbocycles. The second-order valence-electron chi connectivity index (χ2n) is 10.7. The number of hydrogen-bond donors (Lipinski definition) is 2. The number of imide groups is 2. The van der Waals surface area contributed by atoms with Crippen molar-refractivity contribution in [2.75, 3.05) is 9.80 Å². The van der Waals surface area contributed by atoms with Crippen molar-refractivity contribution in [1.82, 2.24) is 0 Å². The molecule has 218 valence electrons. The van der Waals surface area contributed by atoms with Gasteiger partial charge in [-0.15, -0.1) is 0 Å². The van der Waals surface area contributed by atoms with Crippen molar-refractivity contribution in [3.63, 3.8) is 0 Å². The summed E-state index contributed by atoms with van der Waals surface area (Å²) in [6.45, 7) is 1.99. The van der Waals surface area contributed by atoms with Gasteiger partial charge in [0.15, 0.2) is 0 Å². The monoisotopic (exact) mass is 584 g/mol. The average molecular weight is 585 g/mol. The Balaban J connectivity index is 1.54. The number of carbonyl (C=O) groups excluding carboxylic acids is 4. The van der Waals surface area contributed by atoms with Crippen LogP contribution in [0, 0.1) is 0 Å². The van der Waals surface area contributed by atoms with E-state index >= 15 is 0 Å². The number of nitrogens with zero attached hydrogens (tertiary/aromatic N) is 2. The first kappa shape index (κ1) is 28.4. The summed E-state index contributed by atoms with van der Waals surface area (Å²) in [6.07, 6.45) is 5.79. The third-order valence-electron chi connectivity index (χ3n) is 8.13. The summed E-state index contributed by atoms with van der Waals surface area (Å²) in [5.74, 6) is -2.37. The fourth-order valence-electron chi connectivity index (χ4n) is 6.17. The van der Waals surface area contributed by atoms with Gasteiger partial charge in [0.25, 0.3) is 23.6 Å². The van der Waals surface area contributed by atoms with Gasteiger partial charge in [0, 0.05) is 47.6 Å². The molecule has 0 fully saturated rings. The van der Waals surface area contributed by atoms with Gasteiger partial charge in [0.2, 0.25) is 0 Å². The fraction of sp³-hybridized carbons (Fsp3) is 0.111. The maximum absolute atomic E-state index is 12.4. The number of phenols is 2. The molecular weight excluding hydrogens is 556 g/mol. The van der Waals surface area contributed by atoms with E-state index in [9.17, 15) is 29.4 Å². The molecule has 8 nitrogen and oxygen atoms in total. The molecule has 4 aromatic rings. The van der Waals surface area contributed by atoms with Crippen LogP contribution in [0.3, 0.4) is 0 Å². The molecule has 2 heterocycles. The number of hydrogen-bond acceptors (Lipinski definition) is 6. The Bertz CT molecular complexity index is 1750.